The van der Waals surface area contributed by atoms with E-state index in [1.54, 1.807) is 7.11 Å². The van der Waals surface area contributed by atoms with E-state index in [1.807, 2.05) is 146 Å². The van der Waals surface area contributed by atoms with Crippen LogP contribution in [-0.4, -0.2) is 7.11 Å². The molecule has 0 bridgehead atoms. The highest BCUT2D eigenvalue weighted by Gasteiger charge is 2.23. The normalized spacial score (nSPS) is 12.0. The van der Waals surface area contributed by atoms with Crippen molar-refractivity contribution in [3.8, 4) is 56.4 Å². The van der Waals surface area contributed by atoms with Crippen molar-refractivity contribution >= 4 is 17.2 Å². The number of hydrogen-bond donors (Lipinski definition) is 0. The number of benzene rings is 7. The molecule has 0 saturated heterocycles. The van der Waals surface area contributed by atoms with Gasteiger partial charge in [-0.25, -0.2) is 0 Å². The maximum atomic E-state index is 6.57. The molecule has 258 valence electrons. The van der Waals surface area contributed by atoms with Gasteiger partial charge >= 0.3 is 17.2 Å². The fraction of sp³-hybridized carbons (Fsp3) is 0.0455. The van der Waals surface area contributed by atoms with Gasteiger partial charge < -0.3 is 18.1 Å². The van der Waals surface area contributed by atoms with Crippen molar-refractivity contribution < 1.29 is 27.1 Å². The maximum Gasteiger partial charge on any atom is 0.463 e. The third-order valence-electron chi connectivity index (χ3n) is 8.01. The monoisotopic (exact) mass is 722 g/mol. The van der Waals surface area contributed by atoms with Gasteiger partial charge in [-0.05, 0) is 64.2 Å². The molecular formula is C44H36O6P2. The van der Waals surface area contributed by atoms with Gasteiger partial charge in [-0.1, -0.05) is 152 Å². The predicted molar refractivity (Wildman–Crippen MR) is 210 cm³/mol. The summed E-state index contributed by atoms with van der Waals surface area (Å²) in [5.74, 6) is 2.49. The molecule has 0 aliphatic rings. The zero-order valence-corrected chi connectivity index (χ0v) is 30.2. The molecule has 0 aliphatic carbocycles. The van der Waals surface area contributed by atoms with Gasteiger partial charge in [-0.3, -0.25) is 9.05 Å². The van der Waals surface area contributed by atoms with Crippen LogP contribution in [0.3, 0.4) is 0 Å². The summed E-state index contributed by atoms with van der Waals surface area (Å²) in [5.41, 5.74) is 6.99. The van der Waals surface area contributed by atoms with Crippen molar-refractivity contribution in [2.45, 2.75) is 6.61 Å². The van der Waals surface area contributed by atoms with Gasteiger partial charge in [0.25, 0.3) is 0 Å². The van der Waals surface area contributed by atoms with Crippen molar-refractivity contribution in [2.75, 3.05) is 7.11 Å². The minimum atomic E-state index is -1.94. The van der Waals surface area contributed by atoms with Gasteiger partial charge in [0, 0.05) is 18.2 Å². The van der Waals surface area contributed by atoms with Crippen molar-refractivity contribution in [1.82, 2.24) is 0 Å². The second kappa shape index (κ2) is 17.6. The van der Waals surface area contributed by atoms with Crippen LogP contribution in [0.1, 0.15) is 5.56 Å². The molecule has 0 N–H and O–H groups in total. The molecule has 0 radical (unpaired) electrons. The summed E-state index contributed by atoms with van der Waals surface area (Å²) < 4.78 is 37.8. The van der Waals surface area contributed by atoms with Crippen LogP contribution in [0.2, 0.25) is 0 Å². The molecule has 7 rings (SSSR count). The average molecular weight is 723 g/mol. The van der Waals surface area contributed by atoms with Crippen LogP contribution in [0, 0.1) is 0 Å². The molecule has 7 aromatic carbocycles. The predicted octanol–water partition coefficient (Wildman–Crippen LogP) is 12.9. The molecule has 0 aliphatic heterocycles. The average Bonchev–Trinajstić information content (AvgIpc) is 3.21. The first-order valence-electron chi connectivity index (χ1n) is 16.7. The van der Waals surface area contributed by atoms with E-state index in [9.17, 15) is 0 Å². The maximum absolute atomic E-state index is 6.57. The van der Waals surface area contributed by atoms with Crippen LogP contribution in [0.15, 0.2) is 188 Å². The molecule has 0 saturated carbocycles. The molecule has 7 aromatic rings. The first-order chi connectivity index (χ1) is 25.7. The van der Waals surface area contributed by atoms with Crippen LogP contribution in [0.25, 0.3) is 33.4 Å². The molecular weight excluding hydrogens is 686 g/mol. The van der Waals surface area contributed by atoms with Crippen LogP contribution in [0.4, 0.5) is 0 Å². The van der Waals surface area contributed by atoms with Gasteiger partial charge in [0.15, 0.2) is 0 Å². The van der Waals surface area contributed by atoms with Crippen molar-refractivity contribution in [3.05, 3.63) is 194 Å². The van der Waals surface area contributed by atoms with Crippen LogP contribution >= 0.6 is 17.2 Å². The van der Waals surface area contributed by atoms with Gasteiger partial charge in [0.2, 0.25) is 0 Å². The molecule has 0 fully saturated rings. The Morgan fingerprint density at radius 3 is 1.44 bits per heavy atom. The molecule has 2 unspecified atom stereocenters. The number of hydrogen-bond acceptors (Lipinski definition) is 6. The summed E-state index contributed by atoms with van der Waals surface area (Å²) in [6.07, 6.45) is 0. The molecule has 6 nitrogen and oxygen atoms in total. The summed E-state index contributed by atoms with van der Waals surface area (Å²) in [5, 5.41) is 0. The fourth-order valence-corrected chi connectivity index (χ4v) is 7.26. The Morgan fingerprint density at radius 2 is 0.846 bits per heavy atom. The molecule has 0 amide bonds. The Morgan fingerprint density at radius 1 is 0.385 bits per heavy atom. The van der Waals surface area contributed by atoms with E-state index in [2.05, 4.69) is 42.5 Å². The largest absolute Gasteiger partial charge is 0.463 e. The third kappa shape index (κ3) is 9.24. The van der Waals surface area contributed by atoms with E-state index in [0.29, 0.717) is 23.0 Å². The molecule has 52 heavy (non-hydrogen) atoms. The summed E-state index contributed by atoms with van der Waals surface area (Å²) >= 11 is 0. The SMILES string of the molecule is COP(Oc1cccc(-c2ccccc2)c1)Oc1ccccc1COP(Oc1cccc(-c2ccccc2)c1)Oc1ccccc1-c1ccccc1. The first kappa shape index (κ1) is 34.9. The summed E-state index contributed by atoms with van der Waals surface area (Å²) in [6, 6.07) is 61.8. The summed E-state index contributed by atoms with van der Waals surface area (Å²) in [6.45, 7) is 0.143. The van der Waals surface area contributed by atoms with E-state index in [-0.39, 0.29) is 6.61 Å². The zero-order valence-electron chi connectivity index (χ0n) is 28.4. The number of para-hydroxylation sites is 2. The van der Waals surface area contributed by atoms with E-state index in [0.717, 1.165) is 38.9 Å². The highest BCUT2D eigenvalue weighted by atomic mass is 31.2. The molecule has 2 atom stereocenters. The summed E-state index contributed by atoms with van der Waals surface area (Å²) in [7, 11) is -2.15. The standard InChI is InChI=1S/C44H36O6P2/c1-45-51(47-40-26-15-24-37(31-40)34-17-5-2-6-18-34)49-43-29-13-11-23-39(43)33-46-52(48-41-27-16-25-38(32-41)35-19-7-3-8-20-35)50-44-30-14-12-28-42(44)36-21-9-4-10-22-36/h2-32H,33H2,1H3. The Bertz CT molecular complexity index is 2170. The molecule has 0 heterocycles. The quantitative estimate of drug-likeness (QED) is 0.0982. The van der Waals surface area contributed by atoms with E-state index < -0.39 is 17.2 Å². The fourth-order valence-electron chi connectivity index (χ4n) is 5.46. The van der Waals surface area contributed by atoms with Crippen molar-refractivity contribution in [1.29, 1.82) is 0 Å². The van der Waals surface area contributed by atoms with Gasteiger partial charge in [-0.15, -0.1) is 0 Å². The lowest BCUT2D eigenvalue weighted by atomic mass is 10.1. The topological polar surface area (TPSA) is 55.4 Å². The molecule has 8 heteroatoms. The van der Waals surface area contributed by atoms with Crippen LogP contribution < -0.4 is 18.1 Å². The Labute approximate surface area is 307 Å². The Kier molecular flexibility index (Phi) is 11.9. The molecule has 0 spiro atoms. The minimum absolute atomic E-state index is 0.143. The van der Waals surface area contributed by atoms with E-state index in [1.165, 1.54) is 0 Å². The van der Waals surface area contributed by atoms with Crippen LogP contribution in [-0.2, 0) is 15.7 Å². The van der Waals surface area contributed by atoms with Crippen molar-refractivity contribution in [2.24, 2.45) is 0 Å². The van der Waals surface area contributed by atoms with Crippen molar-refractivity contribution in [3.63, 3.8) is 0 Å². The van der Waals surface area contributed by atoms with Gasteiger partial charge in [0.1, 0.15) is 23.0 Å². The molecule has 0 aromatic heterocycles. The number of rotatable bonds is 15. The zero-order chi connectivity index (χ0) is 35.4. The lowest BCUT2D eigenvalue weighted by Gasteiger charge is -2.21. The van der Waals surface area contributed by atoms with Gasteiger partial charge in [-0.2, -0.15) is 0 Å². The Balaban J connectivity index is 1.11. The Hall–Kier alpha value is -5.48. The lowest BCUT2D eigenvalue weighted by Crippen LogP contribution is -2.03. The first-order valence-corrected chi connectivity index (χ1v) is 18.9. The second-order valence-corrected chi connectivity index (χ2v) is 13.8. The highest BCUT2D eigenvalue weighted by molar-refractivity contribution is 7.42. The van der Waals surface area contributed by atoms with E-state index >= 15 is 0 Å². The van der Waals surface area contributed by atoms with E-state index in [4.69, 9.17) is 27.1 Å². The highest BCUT2D eigenvalue weighted by Crippen LogP contribution is 2.47. The van der Waals surface area contributed by atoms with Gasteiger partial charge in [0.05, 0.1) is 6.61 Å². The second-order valence-electron chi connectivity index (χ2n) is 11.5. The lowest BCUT2D eigenvalue weighted by molar-refractivity contribution is 0.253. The minimum Gasteiger partial charge on any atom is -0.418 e. The van der Waals surface area contributed by atoms with Crippen LogP contribution in [0.5, 0.6) is 23.0 Å². The smallest absolute Gasteiger partial charge is 0.418 e. The summed E-state index contributed by atoms with van der Waals surface area (Å²) in [4.78, 5) is 0. The third-order valence-corrected chi connectivity index (χ3v) is 10.1.